The summed E-state index contributed by atoms with van der Waals surface area (Å²) in [7, 11) is 5.52. The van der Waals surface area contributed by atoms with Gasteiger partial charge in [-0.15, -0.1) is 0 Å². The molecule has 6 rings (SSSR count). The van der Waals surface area contributed by atoms with E-state index in [0.717, 1.165) is 22.2 Å². The number of pyridine rings is 3. The molecule has 0 spiro atoms. The number of carbonyl (C=O) groups is 2. The summed E-state index contributed by atoms with van der Waals surface area (Å²) in [5.41, 5.74) is 3.39. The first kappa shape index (κ1) is 32.2. The van der Waals surface area contributed by atoms with Gasteiger partial charge in [0, 0.05) is 69.5 Å². The molecule has 0 bridgehead atoms. The van der Waals surface area contributed by atoms with Crippen molar-refractivity contribution in [2.45, 2.75) is 13.2 Å². The molecule has 4 heterocycles. The number of carbonyl (C=O) groups excluding carboxylic acids is 2. The zero-order chi connectivity index (χ0) is 33.8. The number of morpholine rings is 1. The molecule has 1 fully saturated rings. The molecule has 1 amide bonds. The van der Waals surface area contributed by atoms with Crippen LogP contribution in [0.1, 0.15) is 15.9 Å². The second-order valence-corrected chi connectivity index (χ2v) is 11.8. The van der Waals surface area contributed by atoms with Crippen LogP contribution in [-0.2, 0) is 34.5 Å². The number of fused-ring (bicyclic) bond motifs is 1. The third kappa shape index (κ3) is 6.98. The van der Waals surface area contributed by atoms with E-state index in [4.69, 9.17) is 9.47 Å². The number of hydrogen-bond acceptors (Lipinski definition) is 9. The lowest BCUT2D eigenvalue weighted by molar-refractivity contribution is -0.145. The molecule has 3 aromatic heterocycles. The summed E-state index contributed by atoms with van der Waals surface area (Å²) in [6, 6.07) is 19.9. The number of aromatic nitrogens is 3. The van der Waals surface area contributed by atoms with Gasteiger partial charge in [-0.2, -0.15) is 0 Å². The van der Waals surface area contributed by atoms with Gasteiger partial charge in [0.1, 0.15) is 24.7 Å². The topological polar surface area (TPSA) is 128 Å². The lowest BCUT2D eigenvalue weighted by Gasteiger charge is -2.26. The minimum atomic E-state index is -0.555. The Bertz CT molecular complexity index is 2100. The summed E-state index contributed by atoms with van der Waals surface area (Å²) in [5, 5.41) is 4.40. The van der Waals surface area contributed by atoms with E-state index < -0.39 is 5.97 Å². The summed E-state index contributed by atoms with van der Waals surface area (Å²) in [6.07, 6.45) is 4.80. The molecule has 1 saturated heterocycles. The molecule has 48 heavy (non-hydrogen) atoms. The van der Waals surface area contributed by atoms with Gasteiger partial charge in [-0.1, -0.05) is 24.3 Å². The standard InChI is InChI=1S/C36H36N6O6/c1-39(2)28-9-10-30-24(18-28)12-13-42(35(30)45)22-33(43)48-23-26-6-4-5-7-29(26)27-19-31(36(46)40(3)21-27)38-32-11-8-25(20-37-32)34(44)41-14-16-47-17-15-41/h4-13,18-21H,14-17,22-23H2,1-3H3,(H,37,38). The normalized spacial score (nSPS) is 12.9. The molecule has 0 radical (unpaired) electrons. The summed E-state index contributed by atoms with van der Waals surface area (Å²) in [4.78, 5) is 59.9. The molecular weight excluding hydrogens is 612 g/mol. The van der Waals surface area contributed by atoms with Crippen molar-refractivity contribution in [3.05, 3.63) is 117 Å². The molecule has 1 aliphatic heterocycles. The molecule has 12 nitrogen and oxygen atoms in total. The molecule has 12 heteroatoms. The van der Waals surface area contributed by atoms with Gasteiger partial charge in [0.05, 0.1) is 18.8 Å². The fraction of sp³-hybridized carbons (Fsp3) is 0.250. The van der Waals surface area contributed by atoms with Gasteiger partial charge >= 0.3 is 5.97 Å². The molecule has 0 aliphatic carbocycles. The minimum absolute atomic E-state index is 0.0324. The number of nitrogens with zero attached hydrogens (tertiary/aromatic N) is 5. The number of nitrogens with one attached hydrogen (secondary N) is 1. The fourth-order valence-corrected chi connectivity index (χ4v) is 5.58. The third-order valence-corrected chi connectivity index (χ3v) is 8.25. The van der Waals surface area contributed by atoms with Crippen molar-refractivity contribution in [2.24, 2.45) is 7.05 Å². The average Bonchev–Trinajstić information content (AvgIpc) is 3.10. The SMILES string of the molecule is CN(C)c1ccc2c(=O)n(CC(=O)OCc3ccccc3-c3cc(Nc4ccc(C(=O)N5CCOCC5)cn4)c(=O)n(C)c3)ccc2c1. The van der Waals surface area contributed by atoms with Crippen molar-refractivity contribution in [1.82, 2.24) is 19.0 Å². The highest BCUT2D eigenvalue weighted by Crippen LogP contribution is 2.26. The van der Waals surface area contributed by atoms with Crippen LogP contribution in [0.25, 0.3) is 21.9 Å². The minimum Gasteiger partial charge on any atom is -0.459 e. The Labute approximate surface area is 276 Å². The van der Waals surface area contributed by atoms with E-state index in [9.17, 15) is 19.2 Å². The number of esters is 1. The molecule has 0 saturated carbocycles. The first-order valence-electron chi connectivity index (χ1n) is 15.5. The van der Waals surface area contributed by atoms with Gasteiger partial charge in [0.25, 0.3) is 17.0 Å². The van der Waals surface area contributed by atoms with E-state index in [2.05, 4.69) is 10.3 Å². The smallest absolute Gasteiger partial charge is 0.326 e. The van der Waals surface area contributed by atoms with E-state index in [1.165, 1.54) is 15.3 Å². The molecule has 5 aromatic rings. The second-order valence-electron chi connectivity index (χ2n) is 11.8. The lowest BCUT2D eigenvalue weighted by Crippen LogP contribution is -2.40. The van der Waals surface area contributed by atoms with Gasteiger partial charge in [0.15, 0.2) is 0 Å². The van der Waals surface area contributed by atoms with Crippen LogP contribution in [0.5, 0.6) is 0 Å². The molecular formula is C36H36N6O6. The zero-order valence-electron chi connectivity index (χ0n) is 27.0. The summed E-state index contributed by atoms with van der Waals surface area (Å²) in [5.74, 6) is -0.261. The van der Waals surface area contributed by atoms with E-state index in [1.807, 2.05) is 61.5 Å². The number of anilines is 3. The van der Waals surface area contributed by atoms with Gasteiger partial charge in [-0.25, -0.2) is 4.98 Å². The third-order valence-electron chi connectivity index (χ3n) is 8.25. The molecule has 2 aromatic carbocycles. The lowest BCUT2D eigenvalue weighted by atomic mass is 10.0. The highest BCUT2D eigenvalue weighted by molar-refractivity contribution is 5.94. The molecule has 1 N–H and O–H groups in total. The first-order valence-corrected chi connectivity index (χ1v) is 15.5. The second kappa shape index (κ2) is 13.9. The van der Waals surface area contributed by atoms with Crippen LogP contribution >= 0.6 is 0 Å². The van der Waals surface area contributed by atoms with Crippen LogP contribution in [0.2, 0.25) is 0 Å². The Kier molecular flexibility index (Phi) is 9.35. The number of ether oxygens (including phenoxy) is 2. The van der Waals surface area contributed by atoms with Crippen LogP contribution in [0.15, 0.2) is 94.9 Å². The summed E-state index contributed by atoms with van der Waals surface area (Å²) in [6.45, 7) is 1.82. The van der Waals surface area contributed by atoms with E-state index >= 15 is 0 Å². The van der Waals surface area contributed by atoms with Gasteiger partial charge in [0.2, 0.25) is 0 Å². The Hall–Kier alpha value is -5.75. The maximum Gasteiger partial charge on any atom is 0.326 e. The predicted molar refractivity (Wildman–Crippen MR) is 184 cm³/mol. The van der Waals surface area contributed by atoms with Gasteiger partial charge in [-0.3, -0.25) is 19.2 Å². The van der Waals surface area contributed by atoms with E-state index in [0.29, 0.717) is 48.6 Å². The van der Waals surface area contributed by atoms with Gasteiger partial charge < -0.3 is 33.7 Å². The van der Waals surface area contributed by atoms with Crippen molar-refractivity contribution in [3.63, 3.8) is 0 Å². The average molecular weight is 649 g/mol. The predicted octanol–water partition coefficient (Wildman–Crippen LogP) is 3.79. The van der Waals surface area contributed by atoms with Crippen LogP contribution in [-0.4, -0.2) is 71.3 Å². The Balaban J connectivity index is 1.16. The monoisotopic (exact) mass is 648 g/mol. The first-order chi connectivity index (χ1) is 23.2. The number of amides is 1. The Morgan fingerprint density at radius 1 is 0.979 bits per heavy atom. The van der Waals surface area contributed by atoms with Crippen molar-refractivity contribution in [3.8, 4) is 11.1 Å². The molecule has 0 unspecified atom stereocenters. The number of aryl methyl sites for hydroxylation is 1. The van der Waals surface area contributed by atoms with Gasteiger partial charge in [-0.05, 0) is 59.0 Å². The van der Waals surface area contributed by atoms with Crippen LogP contribution in [0.4, 0.5) is 17.2 Å². The summed E-state index contributed by atoms with van der Waals surface area (Å²) >= 11 is 0. The van der Waals surface area contributed by atoms with Crippen molar-refractivity contribution < 1.29 is 19.1 Å². The van der Waals surface area contributed by atoms with Crippen molar-refractivity contribution in [1.29, 1.82) is 0 Å². The molecule has 1 aliphatic rings. The van der Waals surface area contributed by atoms with Crippen LogP contribution < -0.4 is 21.3 Å². The number of rotatable bonds is 9. The largest absolute Gasteiger partial charge is 0.459 e. The maximum atomic E-state index is 13.1. The van der Waals surface area contributed by atoms with Crippen LogP contribution in [0.3, 0.4) is 0 Å². The zero-order valence-corrected chi connectivity index (χ0v) is 27.0. The quantitative estimate of drug-likeness (QED) is 0.238. The van der Waals surface area contributed by atoms with E-state index in [1.54, 1.807) is 48.6 Å². The van der Waals surface area contributed by atoms with E-state index in [-0.39, 0.29) is 35.9 Å². The van der Waals surface area contributed by atoms with Crippen molar-refractivity contribution in [2.75, 3.05) is 50.6 Å². The van der Waals surface area contributed by atoms with Crippen molar-refractivity contribution >= 4 is 39.8 Å². The Morgan fingerprint density at radius 2 is 1.77 bits per heavy atom. The Morgan fingerprint density at radius 3 is 2.52 bits per heavy atom. The maximum absolute atomic E-state index is 13.1. The fourth-order valence-electron chi connectivity index (χ4n) is 5.58. The summed E-state index contributed by atoms with van der Waals surface area (Å²) < 4.78 is 13.8. The highest BCUT2D eigenvalue weighted by Gasteiger charge is 2.19. The molecule has 246 valence electrons. The van der Waals surface area contributed by atoms with Crippen LogP contribution in [0, 0.1) is 0 Å². The molecule has 0 atom stereocenters. The highest BCUT2D eigenvalue weighted by atomic mass is 16.5. The number of benzene rings is 2. The number of hydrogen-bond donors (Lipinski definition) is 1.